The third kappa shape index (κ3) is 81.7. The minimum absolute atomic E-state index is 0.0231. The summed E-state index contributed by atoms with van der Waals surface area (Å²) in [6.07, 6.45) is 17.9. The quantitative estimate of drug-likeness (QED) is 0.0912. The number of hydrogen-bond donors (Lipinski definition) is 10. The van der Waals surface area contributed by atoms with Crippen molar-refractivity contribution in [1.82, 2.24) is 0 Å². The maximum Gasteiger partial charge on any atom is 0.337 e. The van der Waals surface area contributed by atoms with E-state index in [-0.39, 0.29) is 62.5 Å². The molecule has 2 heterocycles. The van der Waals surface area contributed by atoms with Gasteiger partial charge in [-0.2, -0.15) is 0 Å². The van der Waals surface area contributed by atoms with Crippen LogP contribution in [0.4, 0.5) is 0 Å². The standard InChI is InChI=1S/C6H12O3.C6H12O.C5H10O3.2C5H10O2.2C5H12O2.C5H10O.C5H12O.4C3H8/c1-6(2)8-4-5(3-7)9-6;1-5-2-3-6(7)4-5;1-5(2,7)4(6)8-3;6-4-5-2-1-3-7-5;6-4-2-1-3-5(4)7;1-5(2,4-6)7-3;1-5(2)7-4-3-6;6-5-3-1-2-4-5;1-5(2)3-4-6;4*1-3-2/h5,7H,3-4H2,1-2H3;5-7H,2-4H2,1H3;7H,1-3H3;5-6H,1-4H2;4-7H,1-3H2;6H,4H2,1-3H3;5-6H,3-4H2,1-2H3;5-6H,1-4H2;5-6H,3-4H2,1-2H3;4*3H2,1-2H3. The Balaban J connectivity index is -0.000000111. The molecule has 2 saturated heterocycles. The molecule has 5 rings (SSSR count). The number of aliphatic hydroxyl groups is 10. The van der Waals surface area contributed by atoms with Gasteiger partial charge in [-0.05, 0) is 138 Å². The van der Waals surface area contributed by atoms with Gasteiger partial charge in [0.05, 0.1) is 89.0 Å². The molecular weight excluding hydrogens is 981 g/mol. The molecule has 470 valence electrons. The van der Waals surface area contributed by atoms with Gasteiger partial charge in [-0.25, -0.2) is 4.79 Å². The van der Waals surface area contributed by atoms with E-state index in [1.54, 1.807) is 7.11 Å². The minimum atomic E-state index is -1.35. The van der Waals surface area contributed by atoms with Gasteiger partial charge in [-0.15, -0.1) is 0 Å². The lowest BCUT2D eigenvalue weighted by Gasteiger charge is -2.18. The molecule has 6 atom stereocenters. The molecule has 5 fully saturated rings. The molecule has 5 aliphatic rings. The van der Waals surface area contributed by atoms with E-state index in [9.17, 15) is 4.79 Å². The molecule has 3 aliphatic carbocycles. The third-order valence-electron chi connectivity index (χ3n) is 9.80. The number of esters is 1. The van der Waals surface area contributed by atoms with Crippen molar-refractivity contribution in [3.05, 3.63) is 0 Å². The highest BCUT2D eigenvalue weighted by Crippen LogP contribution is 2.24. The van der Waals surface area contributed by atoms with Crippen LogP contribution in [0.15, 0.2) is 0 Å². The van der Waals surface area contributed by atoms with Crippen LogP contribution in [0.5, 0.6) is 0 Å². The molecule has 10 N–H and O–H groups in total. The molecule has 0 aromatic rings. The zero-order valence-electron chi connectivity index (χ0n) is 53.2. The fraction of sp³-hybridized carbons (Fsp3) is 0.983. The van der Waals surface area contributed by atoms with Crippen molar-refractivity contribution in [2.45, 2.75) is 300 Å². The van der Waals surface area contributed by atoms with Crippen LogP contribution >= 0.6 is 0 Å². The molecular formula is C59H132O17. The van der Waals surface area contributed by atoms with Crippen molar-refractivity contribution in [3.63, 3.8) is 0 Å². The normalized spacial score (nSPS) is 21.5. The van der Waals surface area contributed by atoms with Crippen LogP contribution in [-0.4, -0.2) is 184 Å². The van der Waals surface area contributed by atoms with E-state index in [1.165, 1.54) is 65.9 Å². The molecule has 0 spiro atoms. The summed E-state index contributed by atoms with van der Waals surface area (Å²) in [5.74, 6) is 0.315. The summed E-state index contributed by atoms with van der Waals surface area (Å²) >= 11 is 0. The van der Waals surface area contributed by atoms with Gasteiger partial charge in [-0.1, -0.05) is 115 Å². The van der Waals surface area contributed by atoms with Crippen molar-refractivity contribution < 1.29 is 84.3 Å². The van der Waals surface area contributed by atoms with Crippen LogP contribution in [0.3, 0.4) is 0 Å². The highest BCUT2D eigenvalue weighted by molar-refractivity contribution is 5.77. The van der Waals surface area contributed by atoms with Gasteiger partial charge in [0.1, 0.15) is 6.10 Å². The van der Waals surface area contributed by atoms with Gasteiger partial charge in [0.15, 0.2) is 11.4 Å². The van der Waals surface area contributed by atoms with Crippen molar-refractivity contribution in [2.24, 2.45) is 11.8 Å². The second kappa shape index (κ2) is 64.7. The maximum absolute atomic E-state index is 10.4. The summed E-state index contributed by atoms with van der Waals surface area (Å²) in [6, 6.07) is 0. The number of rotatable bonds is 10. The molecule has 0 aromatic heterocycles. The van der Waals surface area contributed by atoms with Crippen LogP contribution in [0.1, 0.15) is 241 Å². The summed E-state index contributed by atoms with van der Waals surface area (Å²) in [4.78, 5) is 10.4. The second-order valence-corrected chi connectivity index (χ2v) is 21.6. The van der Waals surface area contributed by atoms with Crippen molar-refractivity contribution >= 4 is 5.97 Å². The Kier molecular flexibility index (Phi) is 77.8. The Bertz CT molecular complexity index is 1030. The Morgan fingerprint density at radius 1 is 0.645 bits per heavy atom. The van der Waals surface area contributed by atoms with Gasteiger partial charge in [-0.3, -0.25) is 0 Å². The average Bonchev–Trinajstić information content (AvgIpc) is 4.23. The van der Waals surface area contributed by atoms with E-state index in [1.807, 2.05) is 41.5 Å². The first kappa shape index (κ1) is 91.4. The van der Waals surface area contributed by atoms with Crippen LogP contribution in [0, 0.1) is 11.8 Å². The fourth-order valence-corrected chi connectivity index (χ4v) is 5.50. The largest absolute Gasteiger partial charge is 0.467 e. The predicted octanol–water partition coefficient (Wildman–Crippen LogP) is 9.70. The van der Waals surface area contributed by atoms with Gasteiger partial charge >= 0.3 is 5.97 Å². The van der Waals surface area contributed by atoms with E-state index >= 15 is 0 Å². The second-order valence-electron chi connectivity index (χ2n) is 21.6. The van der Waals surface area contributed by atoms with Crippen LogP contribution < -0.4 is 0 Å². The molecule has 3 saturated carbocycles. The first-order chi connectivity index (χ1) is 35.4. The SMILES string of the molecule is CC(C)CCO.CC(C)OCCO.CC1(C)OCC(CO)O1.CC1CCC(O)C1.CCC.CCC.CCC.CCC.COC(=O)C(C)(C)O.COC(C)(C)CO.OC1CCCC1.OC1CCCC1O.OCC1CCCO1. The lowest BCUT2D eigenvalue weighted by atomic mass is 10.1. The molecule has 17 nitrogen and oxygen atoms in total. The Morgan fingerprint density at radius 3 is 1.21 bits per heavy atom. The molecule has 0 radical (unpaired) electrons. The van der Waals surface area contributed by atoms with Crippen molar-refractivity contribution in [3.8, 4) is 0 Å². The van der Waals surface area contributed by atoms with Gasteiger partial charge in [0, 0.05) is 20.3 Å². The summed E-state index contributed by atoms with van der Waals surface area (Å²) in [7, 11) is 2.82. The molecule has 6 unspecified atom stereocenters. The number of methoxy groups -OCH3 is 2. The van der Waals surface area contributed by atoms with Crippen molar-refractivity contribution in [2.75, 3.05) is 67.1 Å². The molecule has 2 aliphatic heterocycles. The lowest BCUT2D eigenvalue weighted by molar-refractivity contribution is -0.158. The van der Waals surface area contributed by atoms with E-state index in [2.05, 4.69) is 80.9 Å². The highest BCUT2D eigenvalue weighted by Gasteiger charge is 2.32. The van der Waals surface area contributed by atoms with Crippen LogP contribution in [0.2, 0.25) is 0 Å². The maximum atomic E-state index is 10.4. The first-order valence-electron chi connectivity index (χ1n) is 29.0. The van der Waals surface area contributed by atoms with Gasteiger partial charge in [0.2, 0.25) is 0 Å². The first-order valence-corrected chi connectivity index (χ1v) is 29.0. The highest BCUT2D eigenvalue weighted by atomic mass is 16.7. The van der Waals surface area contributed by atoms with E-state index < -0.39 is 29.6 Å². The fourth-order valence-electron chi connectivity index (χ4n) is 5.50. The average molecular weight is 1110 g/mol. The number of carbonyl (C=O) groups is 1. The number of aliphatic hydroxyl groups excluding tert-OH is 9. The number of carbonyl (C=O) groups excluding carboxylic acids is 1. The van der Waals surface area contributed by atoms with Crippen molar-refractivity contribution in [1.29, 1.82) is 0 Å². The predicted molar refractivity (Wildman–Crippen MR) is 312 cm³/mol. The molecule has 76 heavy (non-hydrogen) atoms. The van der Waals surface area contributed by atoms with E-state index in [4.69, 9.17) is 74.7 Å². The topological polar surface area (TPSA) is 275 Å². The van der Waals surface area contributed by atoms with Gasteiger partial charge < -0.3 is 79.5 Å². The summed E-state index contributed by atoms with van der Waals surface area (Å²) in [6.45, 7) is 39.9. The van der Waals surface area contributed by atoms with Crippen LogP contribution in [-0.2, 0) is 33.2 Å². The minimum Gasteiger partial charge on any atom is -0.467 e. The zero-order chi connectivity index (χ0) is 61.2. The molecule has 0 aromatic carbocycles. The van der Waals surface area contributed by atoms with Gasteiger partial charge in [0.25, 0.3) is 0 Å². The molecule has 0 bridgehead atoms. The number of hydrogen-bond acceptors (Lipinski definition) is 17. The number of ether oxygens (including phenoxy) is 6. The summed E-state index contributed by atoms with van der Waals surface area (Å²) < 4.78 is 29.4. The zero-order valence-corrected chi connectivity index (χ0v) is 53.2. The Hall–Kier alpha value is -1.13. The van der Waals surface area contributed by atoms with E-state index in [0.29, 0.717) is 25.7 Å². The monoisotopic (exact) mass is 1110 g/mol. The smallest absolute Gasteiger partial charge is 0.337 e. The Morgan fingerprint density at radius 2 is 1.11 bits per heavy atom. The summed E-state index contributed by atoms with van der Waals surface area (Å²) in [5.41, 5.74) is -1.71. The molecule has 17 heteroatoms. The molecule has 0 amide bonds. The Labute approximate surface area is 468 Å². The lowest BCUT2D eigenvalue weighted by Crippen LogP contribution is -2.31. The third-order valence-corrected chi connectivity index (χ3v) is 9.80. The van der Waals surface area contributed by atoms with Crippen LogP contribution in [0.25, 0.3) is 0 Å². The summed E-state index contributed by atoms with van der Waals surface area (Å²) in [5, 5.41) is 85.9. The van der Waals surface area contributed by atoms with E-state index in [0.717, 1.165) is 76.7 Å².